The van der Waals surface area contributed by atoms with Crippen molar-refractivity contribution in [2.75, 3.05) is 0 Å². The first-order valence-electron chi connectivity index (χ1n) is 6.43. The third-order valence-electron chi connectivity index (χ3n) is 3.34. The molecule has 0 saturated heterocycles. The van der Waals surface area contributed by atoms with Crippen molar-refractivity contribution in [3.63, 3.8) is 0 Å². The molecule has 21 heavy (non-hydrogen) atoms. The van der Waals surface area contributed by atoms with E-state index in [1.807, 2.05) is 17.5 Å². The number of fused-ring (bicyclic) bond motifs is 1. The summed E-state index contributed by atoms with van der Waals surface area (Å²) in [6, 6.07) is 3.91. The van der Waals surface area contributed by atoms with Crippen molar-refractivity contribution >= 4 is 23.0 Å². The maximum atomic E-state index is 12.4. The molecule has 0 unspecified atom stereocenters. The fraction of sp³-hybridized carbons (Fsp3) is 0.214. The van der Waals surface area contributed by atoms with Gasteiger partial charge in [0, 0.05) is 28.8 Å². The number of nitrogens with one attached hydrogen (secondary N) is 1. The van der Waals surface area contributed by atoms with Gasteiger partial charge in [0.15, 0.2) is 5.65 Å². The minimum Gasteiger partial charge on any atom is -0.481 e. The fourth-order valence-corrected chi connectivity index (χ4v) is 3.03. The number of carbonyl (C=O) groups is 1. The average Bonchev–Trinajstić information content (AvgIpc) is 3.06. The highest BCUT2D eigenvalue weighted by Crippen LogP contribution is 2.27. The molecule has 0 spiro atoms. The van der Waals surface area contributed by atoms with Crippen molar-refractivity contribution < 1.29 is 9.90 Å². The third kappa shape index (κ3) is 2.36. The van der Waals surface area contributed by atoms with Gasteiger partial charge in [-0.2, -0.15) is 0 Å². The maximum absolute atomic E-state index is 12.4. The highest BCUT2D eigenvalue weighted by atomic mass is 32.1. The van der Waals surface area contributed by atoms with Gasteiger partial charge in [-0.3, -0.25) is 14.7 Å². The van der Waals surface area contributed by atoms with E-state index in [-0.39, 0.29) is 18.4 Å². The fourth-order valence-electron chi connectivity index (χ4n) is 2.29. The number of rotatable bonds is 4. The number of nitrogens with zero attached hydrogens (tertiary/aromatic N) is 2. The molecule has 0 saturated carbocycles. The van der Waals surface area contributed by atoms with E-state index >= 15 is 0 Å². The summed E-state index contributed by atoms with van der Waals surface area (Å²) in [6.07, 6.45) is 1.85. The van der Waals surface area contributed by atoms with E-state index in [9.17, 15) is 9.59 Å². The van der Waals surface area contributed by atoms with Gasteiger partial charge in [-0.25, -0.2) is 9.50 Å². The van der Waals surface area contributed by atoms with E-state index in [0.29, 0.717) is 16.9 Å². The minimum absolute atomic E-state index is 0.0810. The Morgan fingerprint density at radius 1 is 1.52 bits per heavy atom. The van der Waals surface area contributed by atoms with Crippen LogP contribution in [0.2, 0.25) is 0 Å². The van der Waals surface area contributed by atoms with Crippen LogP contribution in [-0.4, -0.2) is 25.7 Å². The second-order valence-electron chi connectivity index (χ2n) is 4.70. The number of hydrogen-bond donors (Lipinski definition) is 2. The number of aromatic amines is 1. The van der Waals surface area contributed by atoms with Crippen LogP contribution in [0.5, 0.6) is 0 Å². The molecule has 3 rings (SSSR count). The lowest BCUT2D eigenvalue weighted by Crippen LogP contribution is -2.22. The van der Waals surface area contributed by atoms with E-state index in [0.717, 1.165) is 10.4 Å². The van der Waals surface area contributed by atoms with Crippen molar-refractivity contribution in [2.24, 2.45) is 0 Å². The topological polar surface area (TPSA) is 87.5 Å². The first-order valence-corrected chi connectivity index (χ1v) is 7.31. The highest BCUT2D eigenvalue weighted by Gasteiger charge is 2.15. The molecule has 0 atom stereocenters. The molecule has 0 aromatic carbocycles. The molecular formula is C14H13N3O3S. The summed E-state index contributed by atoms with van der Waals surface area (Å²) >= 11 is 1.57. The number of carboxylic acid groups (broad SMARTS) is 1. The number of carboxylic acids is 1. The molecule has 108 valence electrons. The van der Waals surface area contributed by atoms with Gasteiger partial charge in [0.25, 0.3) is 5.56 Å². The van der Waals surface area contributed by atoms with Crippen LogP contribution in [0, 0.1) is 6.92 Å². The van der Waals surface area contributed by atoms with Gasteiger partial charge in [0.05, 0.1) is 5.56 Å². The Bertz CT molecular complexity index is 862. The van der Waals surface area contributed by atoms with Crippen LogP contribution in [0.15, 0.2) is 28.5 Å². The summed E-state index contributed by atoms with van der Waals surface area (Å²) in [5.74, 6) is -0.926. The number of H-pyrrole nitrogens is 1. The van der Waals surface area contributed by atoms with Gasteiger partial charge in [-0.1, -0.05) is 6.07 Å². The molecule has 2 N–H and O–H groups in total. The highest BCUT2D eigenvalue weighted by molar-refractivity contribution is 7.13. The normalized spacial score (nSPS) is 11.1. The predicted molar refractivity (Wildman–Crippen MR) is 79.8 cm³/mol. The summed E-state index contributed by atoms with van der Waals surface area (Å²) in [6.45, 7) is 1.74. The predicted octanol–water partition coefficient (Wildman–Crippen LogP) is 2.08. The van der Waals surface area contributed by atoms with Crippen molar-refractivity contribution in [3.8, 4) is 10.4 Å². The lowest BCUT2D eigenvalue weighted by Gasteiger charge is -2.04. The van der Waals surface area contributed by atoms with Gasteiger partial charge in [-0.05, 0) is 24.8 Å². The van der Waals surface area contributed by atoms with Gasteiger partial charge in [-0.15, -0.1) is 11.3 Å². The molecule has 0 amide bonds. The van der Waals surface area contributed by atoms with E-state index in [1.54, 1.807) is 24.5 Å². The smallest absolute Gasteiger partial charge is 0.303 e. The van der Waals surface area contributed by atoms with Crippen molar-refractivity contribution in [3.05, 3.63) is 45.3 Å². The van der Waals surface area contributed by atoms with Crippen LogP contribution in [-0.2, 0) is 11.2 Å². The van der Waals surface area contributed by atoms with Gasteiger partial charge in [0.2, 0.25) is 0 Å². The zero-order valence-corrected chi connectivity index (χ0v) is 12.1. The molecule has 0 aliphatic carbocycles. The zero-order chi connectivity index (χ0) is 15.0. The largest absolute Gasteiger partial charge is 0.481 e. The number of hydrogen-bond acceptors (Lipinski definition) is 4. The molecule has 0 radical (unpaired) electrons. The number of thiophene rings is 1. The van der Waals surface area contributed by atoms with Crippen molar-refractivity contribution in [2.45, 2.75) is 19.8 Å². The Hall–Kier alpha value is -2.41. The van der Waals surface area contributed by atoms with Crippen LogP contribution in [0.1, 0.15) is 17.7 Å². The quantitative estimate of drug-likeness (QED) is 0.772. The minimum atomic E-state index is -0.926. The zero-order valence-electron chi connectivity index (χ0n) is 11.3. The van der Waals surface area contributed by atoms with Gasteiger partial charge >= 0.3 is 5.97 Å². The Morgan fingerprint density at radius 2 is 2.33 bits per heavy atom. The average molecular weight is 303 g/mol. The SMILES string of the molecule is Cc1nc2c(-c3cccs3)c[nH]n2c(=O)c1CCC(=O)O. The van der Waals surface area contributed by atoms with Crippen LogP contribution < -0.4 is 5.56 Å². The third-order valence-corrected chi connectivity index (χ3v) is 4.24. The van der Waals surface area contributed by atoms with E-state index < -0.39 is 5.97 Å². The second-order valence-corrected chi connectivity index (χ2v) is 5.65. The maximum Gasteiger partial charge on any atom is 0.303 e. The van der Waals surface area contributed by atoms with Gasteiger partial charge < -0.3 is 5.11 Å². The molecule has 0 aliphatic heterocycles. The lowest BCUT2D eigenvalue weighted by atomic mass is 10.1. The molecule has 3 aromatic rings. The Balaban J connectivity index is 2.15. The number of aliphatic carboxylic acids is 1. The molecule has 0 bridgehead atoms. The van der Waals surface area contributed by atoms with Crippen molar-refractivity contribution in [1.82, 2.24) is 14.6 Å². The summed E-state index contributed by atoms with van der Waals surface area (Å²) < 4.78 is 1.37. The number of aromatic nitrogens is 3. The summed E-state index contributed by atoms with van der Waals surface area (Å²) in [7, 11) is 0. The van der Waals surface area contributed by atoms with E-state index in [2.05, 4.69) is 10.1 Å². The first-order chi connectivity index (χ1) is 10.1. The van der Waals surface area contributed by atoms with E-state index in [1.165, 1.54) is 4.52 Å². The second kappa shape index (κ2) is 5.17. The Kier molecular flexibility index (Phi) is 3.34. The van der Waals surface area contributed by atoms with Crippen LogP contribution in [0.25, 0.3) is 16.1 Å². The Morgan fingerprint density at radius 3 is 3.00 bits per heavy atom. The number of aryl methyl sites for hydroxylation is 1. The standard InChI is InChI=1S/C14H13N3O3S/c1-8-9(4-5-12(18)19)14(20)17-13(16-8)10(7-15-17)11-3-2-6-21-11/h2-3,6-7,15H,4-5H2,1H3,(H,18,19). The molecular weight excluding hydrogens is 290 g/mol. The van der Waals surface area contributed by atoms with Crippen molar-refractivity contribution in [1.29, 1.82) is 0 Å². The molecule has 3 aromatic heterocycles. The molecule has 0 aliphatic rings. The molecule has 7 heteroatoms. The molecule has 3 heterocycles. The van der Waals surface area contributed by atoms with Crippen LogP contribution in [0.3, 0.4) is 0 Å². The summed E-state index contributed by atoms with van der Waals surface area (Å²) in [5.41, 5.74) is 2.23. The van der Waals surface area contributed by atoms with Crippen LogP contribution >= 0.6 is 11.3 Å². The first kappa shape index (κ1) is 13.6. The Labute approximate surface area is 123 Å². The lowest BCUT2D eigenvalue weighted by molar-refractivity contribution is -0.136. The van der Waals surface area contributed by atoms with Gasteiger partial charge in [0.1, 0.15) is 0 Å². The molecule has 0 fully saturated rings. The molecule has 6 nitrogen and oxygen atoms in total. The van der Waals surface area contributed by atoms with E-state index in [4.69, 9.17) is 5.11 Å². The van der Waals surface area contributed by atoms with Crippen LogP contribution in [0.4, 0.5) is 0 Å². The monoisotopic (exact) mass is 303 g/mol. The summed E-state index contributed by atoms with van der Waals surface area (Å²) in [5, 5.41) is 13.6. The summed E-state index contributed by atoms with van der Waals surface area (Å²) in [4.78, 5) is 28.6.